The van der Waals surface area contributed by atoms with E-state index in [0.717, 1.165) is 24.8 Å². The van der Waals surface area contributed by atoms with Crippen molar-refractivity contribution in [1.29, 1.82) is 0 Å². The molecule has 0 amide bonds. The SMILES string of the molecule is CC1=[C-]CC=C1.CCCCC1=CC[C-]=C1c1cncnc1.Cl.Cl.[CH3-].[CH3-].[SiH2]=[Zr]. The van der Waals surface area contributed by atoms with Crippen molar-refractivity contribution in [3.63, 3.8) is 0 Å². The summed E-state index contributed by atoms with van der Waals surface area (Å²) in [7, 11) is 0. The van der Waals surface area contributed by atoms with E-state index in [1.807, 2.05) is 19.3 Å². The maximum absolute atomic E-state index is 4.04. The molecule has 27 heavy (non-hydrogen) atoms. The van der Waals surface area contributed by atoms with Crippen LogP contribution in [0.3, 0.4) is 0 Å². The van der Waals surface area contributed by atoms with Crippen LogP contribution in [0.4, 0.5) is 0 Å². The summed E-state index contributed by atoms with van der Waals surface area (Å²) in [5.41, 5.74) is 4.99. The number of hydrogen-bond acceptors (Lipinski definition) is 2. The van der Waals surface area contributed by atoms with Gasteiger partial charge >= 0.3 is 30.2 Å². The molecule has 152 valence electrons. The van der Waals surface area contributed by atoms with Gasteiger partial charge in [0.25, 0.3) is 0 Å². The van der Waals surface area contributed by atoms with Crippen LogP contribution in [-0.4, -0.2) is 16.8 Å². The normalized spacial score (nSPS) is 12.6. The predicted molar refractivity (Wildman–Crippen MR) is 123 cm³/mol. The Hall–Kier alpha value is -0.280. The van der Waals surface area contributed by atoms with Crippen LogP contribution >= 0.6 is 24.8 Å². The van der Waals surface area contributed by atoms with E-state index in [-0.39, 0.29) is 39.7 Å². The van der Waals surface area contributed by atoms with Crippen LogP contribution in [0.2, 0.25) is 0 Å². The zero-order valence-electron chi connectivity index (χ0n) is 16.9. The van der Waals surface area contributed by atoms with Gasteiger partial charge in [-0.15, -0.1) is 37.3 Å². The molecule has 1 heterocycles. The second-order valence-electron chi connectivity index (χ2n) is 5.18. The summed E-state index contributed by atoms with van der Waals surface area (Å²) >= 11 is 1.58. The molecule has 0 radical (unpaired) electrons. The van der Waals surface area contributed by atoms with Crippen LogP contribution in [-0.2, 0) is 23.3 Å². The molecule has 0 fully saturated rings. The summed E-state index contributed by atoms with van der Waals surface area (Å²) in [6.45, 7) is 6.23. The molecule has 0 unspecified atom stereocenters. The fourth-order valence-electron chi connectivity index (χ4n) is 2.32. The van der Waals surface area contributed by atoms with Crippen LogP contribution in [0.15, 0.2) is 48.1 Å². The third kappa shape index (κ3) is 13.5. The van der Waals surface area contributed by atoms with E-state index in [2.05, 4.69) is 54.2 Å². The first kappa shape index (κ1) is 34.2. The Labute approximate surface area is 196 Å². The Kier molecular flexibility index (Phi) is 27.9. The van der Waals surface area contributed by atoms with E-state index in [4.69, 9.17) is 0 Å². The molecule has 2 aliphatic carbocycles. The first-order valence-corrected chi connectivity index (χ1v) is 13.9. The zero-order valence-corrected chi connectivity index (χ0v) is 22.4. The Bertz CT molecular complexity index is 597. The average molecular weight is 503 g/mol. The van der Waals surface area contributed by atoms with Crippen molar-refractivity contribution in [2.24, 2.45) is 0 Å². The Balaban J connectivity index is -0.000000191. The summed E-state index contributed by atoms with van der Waals surface area (Å²) in [4.78, 5) is 8.09. The monoisotopic (exact) mass is 500 g/mol. The number of hydrogen-bond donors (Lipinski definition) is 0. The second-order valence-corrected chi connectivity index (χ2v) is 5.18. The van der Waals surface area contributed by atoms with Crippen molar-refractivity contribution in [1.82, 2.24) is 9.97 Å². The molecule has 0 N–H and O–H groups in total. The minimum absolute atomic E-state index is 0. The first-order valence-electron chi connectivity index (χ1n) is 7.96. The van der Waals surface area contributed by atoms with E-state index in [9.17, 15) is 0 Å². The molecule has 0 aromatic carbocycles. The number of unbranched alkanes of at least 4 members (excludes halogenated alkanes) is 1. The Morgan fingerprint density at radius 3 is 2.15 bits per heavy atom. The van der Waals surface area contributed by atoms with E-state index < -0.39 is 0 Å². The third-order valence-electron chi connectivity index (χ3n) is 3.46. The topological polar surface area (TPSA) is 25.8 Å². The van der Waals surface area contributed by atoms with E-state index in [1.54, 1.807) is 29.7 Å². The van der Waals surface area contributed by atoms with Gasteiger partial charge < -0.3 is 14.9 Å². The minimum atomic E-state index is 0. The first-order chi connectivity index (χ1) is 11.3. The predicted octanol–water partition coefficient (Wildman–Crippen LogP) is 5.70. The molecule has 0 saturated carbocycles. The Morgan fingerprint density at radius 1 is 1.07 bits per heavy atom. The molecular weight excluding hydrogens is 470 g/mol. The van der Waals surface area contributed by atoms with Crippen molar-refractivity contribution in [2.75, 3.05) is 0 Å². The van der Waals surface area contributed by atoms with Crippen molar-refractivity contribution < 1.29 is 23.3 Å². The zero-order chi connectivity index (χ0) is 16.9. The van der Waals surface area contributed by atoms with Crippen LogP contribution in [0.25, 0.3) is 5.57 Å². The fraction of sp³-hybridized carbons (Fsp3) is 0.333. The number of allylic oxidation sites excluding steroid dienone is 8. The van der Waals surface area contributed by atoms with Crippen LogP contribution < -0.4 is 0 Å². The summed E-state index contributed by atoms with van der Waals surface area (Å²) in [6.07, 6.45) is 23.8. The summed E-state index contributed by atoms with van der Waals surface area (Å²) in [5, 5.41) is 0. The molecule has 0 saturated heterocycles. The molecule has 0 bridgehead atoms. The van der Waals surface area contributed by atoms with Gasteiger partial charge in [0.2, 0.25) is 0 Å². The van der Waals surface area contributed by atoms with Gasteiger partial charge in [-0.05, 0) is 12.4 Å². The Morgan fingerprint density at radius 2 is 1.70 bits per heavy atom. The maximum atomic E-state index is 4.04. The van der Waals surface area contributed by atoms with E-state index in [0.29, 0.717) is 0 Å². The molecule has 2 aliphatic rings. The summed E-state index contributed by atoms with van der Waals surface area (Å²) < 4.78 is 0. The van der Waals surface area contributed by atoms with E-state index >= 15 is 0 Å². The molecule has 0 spiro atoms. The summed E-state index contributed by atoms with van der Waals surface area (Å²) in [6, 6.07) is 0. The average Bonchev–Trinajstić information content (AvgIpc) is 3.27. The molecule has 1 aromatic heterocycles. The number of nitrogens with zero attached hydrogens (tertiary/aromatic N) is 2. The molecule has 0 atom stereocenters. The van der Waals surface area contributed by atoms with Crippen LogP contribution in [0.1, 0.15) is 51.5 Å². The van der Waals surface area contributed by atoms with Gasteiger partial charge in [-0.3, -0.25) is 16.0 Å². The molecule has 2 nitrogen and oxygen atoms in total. The molecule has 1 aromatic rings. The number of aromatic nitrogens is 2. The number of halogens is 2. The van der Waals surface area contributed by atoms with Crippen molar-refractivity contribution in [3.8, 4) is 0 Å². The molecule has 3 rings (SSSR count). The van der Waals surface area contributed by atoms with Gasteiger partial charge in [0.1, 0.15) is 6.33 Å². The summed E-state index contributed by atoms with van der Waals surface area (Å²) in [5.74, 6) is 0. The van der Waals surface area contributed by atoms with Crippen LogP contribution in [0.5, 0.6) is 0 Å². The van der Waals surface area contributed by atoms with Crippen molar-refractivity contribution in [2.45, 2.75) is 46.0 Å². The molecule has 0 aliphatic heterocycles. The van der Waals surface area contributed by atoms with Crippen molar-refractivity contribution >= 4 is 37.3 Å². The standard InChI is InChI=1S/C13H15N2.C6H7.2CH3.2ClH.H2Si.Zr/c1-2-3-5-11-6-4-7-13(11)12-8-14-10-15-9-12;1-6-4-2-3-5-6;;;;;;/h6,8-10H,2-5H2,1H3;2,4H,3H2,1H3;2*1H3;2*1H;1H2;/q4*-1;;;;. The van der Waals surface area contributed by atoms with Gasteiger partial charge in [0, 0.05) is 0 Å². The van der Waals surface area contributed by atoms with E-state index in [1.165, 1.54) is 29.6 Å². The van der Waals surface area contributed by atoms with Gasteiger partial charge in [0.15, 0.2) is 0 Å². The number of rotatable bonds is 4. The second kappa shape index (κ2) is 22.0. The third-order valence-corrected chi connectivity index (χ3v) is 3.46. The van der Waals surface area contributed by atoms with Gasteiger partial charge in [-0.1, -0.05) is 45.1 Å². The van der Waals surface area contributed by atoms with Crippen LogP contribution in [0, 0.1) is 27.0 Å². The van der Waals surface area contributed by atoms with Crippen molar-refractivity contribution in [3.05, 3.63) is 80.7 Å². The van der Waals surface area contributed by atoms with Gasteiger partial charge in [-0.2, -0.15) is 23.3 Å². The van der Waals surface area contributed by atoms with Gasteiger partial charge in [0.05, 0.1) is 0 Å². The fourth-order valence-corrected chi connectivity index (χ4v) is 2.32. The molecule has 6 heteroatoms. The quantitative estimate of drug-likeness (QED) is 0.390. The molecular formula is C21H32Cl2N2SiZr-4. The van der Waals surface area contributed by atoms with Gasteiger partial charge in [-0.25, -0.2) is 11.6 Å².